The van der Waals surface area contributed by atoms with Crippen LogP contribution in [0.25, 0.3) is 6.08 Å². The van der Waals surface area contributed by atoms with Crippen LogP contribution in [-0.2, 0) is 16.2 Å². The van der Waals surface area contributed by atoms with Gasteiger partial charge in [0, 0.05) is 13.1 Å². The van der Waals surface area contributed by atoms with Gasteiger partial charge in [0.2, 0.25) is 5.91 Å². The van der Waals surface area contributed by atoms with Crippen LogP contribution in [0.4, 0.5) is 10.5 Å². The maximum absolute atomic E-state index is 13.0. The fourth-order valence-electron chi connectivity index (χ4n) is 4.18. The lowest BCUT2D eigenvalue weighted by Crippen LogP contribution is -2.42. The maximum Gasteiger partial charge on any atom is 0.294 e. The molecule has 0 spiro atoms. The fraction of sp³-hybridized carbons (Fsp3) is 0.346. The van der Waals surface area contributed by atoms with E-state index in [4.69, 9.17) is 9.47 Å². The number of methoxy groups -OCH3 is 1. The maximum atomic E-state index is 13.0. The quantitative estimate of drug-likeness (QED) is 0.278. The minimum Gasteiger partial charge on any atom is -0.493 e. The average molecular weight is 526 g/mol. The normalized spacial score (nSPS) is 17.2. The number of imide groups is 1. The molecule has 0 bridgehead atoms. The Bertz CT molecular complexity index is 1220. The molecule has 2 fully saturated rings. The minimum atomic E-state index is -0.657. The molecular weight excluding hydrogens is 498 g/mol. The van der Waals surface area contributed by atoms with E-state index in [1.54, 1.807) is 4.90 Å². The predicted molar refractivity (Wildman–Crippen MR) is 138 cm³/mol. The standard InChI is InChI=1S/C26H27N3O7S/c1-35-21-13-19(20(29(33)34)15-22(21)36-17-18-9-5-4-6-10-18)14-23-25(31)28(26(32)37-23)16-24(30)27-11-7-2-3-8-12-27/h4-6,9-10,13-15H,2-3,7-8,11-12,16-17H2,1H3. The van der Waals surface area contributed by atoms with E-state index in [2.05, 4.69) is 0 Å². The molecule has 37 heavy (non-hydrogen) atoms. The summed E-state index contributed by atoms with van der Waals surface area (Å²) in [5.41, 5.74) is 0.647. The van der Waals surface area contributed by atoms with Gasteiger partial charge in [0.25, 0.3) is 16.8 Å². The molecule has 0 aromatic heterocycles. The van der Waals surface area contributed by atoms with Gasteiger partial charge in [-0.15, -0.1) is 0 Å². The van der Waals surface area contributed by atoms with Gasteiger partial charge in [0.15, 0.2) is 11.5 Å². The SMILES string of the molecule is COc1cc(C=C2SC(=O)N(CC(=O)N3CCCCCC3)C2=O)c([N+](=O)[O-])cc1OCc1ccccc1. The first-order valence-corrected chi connectivity index (χ1v) is 12.8. The molecule has 0 aliphatic carbocycles. The van der Waals surface area contributed by atoms with Crippen molar-refractivity contribution in [3.8, 4) is 11.5 Å². The van der Waals surface area contributed by atoms with Crippen molar-refractivity contribution < 1.29 is 28.8 Å². The Morgan fingerprint density at radius 1 is 1.08 bits per heavy atom. The molecule has 2 aromatic carbocycles. The highest BCUT2D eigenvalue weighted by Crippen LogP contribution is 2.39. The summed E-state index contributed by atoms with van der Waals surface area (Å²) in [6, 6.07) is 11.9. The number of nitro benzene ring substituents is 1. The number of nitrogens with zero attached hydrogens (tertiary/aromatic N) is 3. The first kappa shape index (κ1) is 26.2. The number of carbonyl (C=O) groups excluding carboxylic acids is 3. The van der Waals surface area contributed by atoms with Crippen LogP contribution >= 0.6 is 11.8 Å². The lowest BCUT2D eigenvalue weighted by Gasteiger charge is -2.22. The molecule has 10 nitrogen and oxygen atoms in total. The number of ether oxygens (including phenoxy) is 2. The molecular formula is C26H27N3O7S. The van der Waals surface area contributed by atoms with Gasteiger partial charge in [0.1, 0.15) is 13.2 Å². The number of benzene rings is 2. The minimum absolute atomic E-state index is 0.00299. The third-order valence-electron chi connectivity index (χ3n) is 6.16. The Morgan fingerprint density at radius 2 is 1.78 bits per heavy atom. The molecule has 2 aromatic rings. The molecule has 0 unspecified atom stereocenters. The average Bonchev–Trinajstić information content (AvgIpc) is 3.08. The topological polar surface area (TPSA) is 119 Å². The van der Waals surface area contributed by atoms with Gasteiger partial charge in [-0.3, -0.25) is 29.4 Å². The largest absolute Gasteiger partial charge is 0.493 e. The summed E-state index contributed by atoms with van der Waals surface area (Å²) in [6.07, 6.45) is 5.16. The number of thioether (sulfide) groups is 1. The highest BCUT2D eigenvalue weighted by molar-refractivity contribution is 8.18. The van der Waals surface area contributed by atoms with Crippen molar-refractivity contribution in [1.29, 1.82) is 0 Å². The lowest BCUT2D eigenvalue weighted by molar-refractivity contribution is -0.385. The number of hydrogen-bond acceptors (Lipinski definition) is 8. The number of likely N-dealkylation sites (tertiary alicyclic amines) is 1. The zero-order chi connectivity index (χ0) is 26.4. The van der Waals surface area contributed by atoms with Crippen LogP contribution in [0.15, 0.2) is 47.4 Å². The molecule has 0 saturated carbocycles. The van der Waals surface area contributed by atoms with E-state index in [0.717, 1.165) is 36.1 Å². The van der Waals surface area contributed by atoms with Crippen molar-refractivity contribution in [2.75, 3.05) is 26.7 Å². The number of hydrogen-bond donors (Lipinski definition) is 0. The van der Waals surface area contributed by atoms with Crippen molar-refractivity contribution in [3.63, 3.8) is 0 Å². The van der Waals surface area contributed by atoms with Crippen LogP contribution in [0.5, 0.6) is 11.5 Å². The van der Waals surface area contributed by atoms with Crippen LogP contribution in [0.3, 0.4) is 0 Å². The Kier molecular flexibility index (Phi) is 8.44. The van der Waals surface area contributed by atoms with Crippen LogP contribution in [-0.4, -0.2) is 58.5 Å². The summed E-state index contributed by atoms with van der Waals surface area (Å²) >= 11 is 0.648. The fourth-order valence-corrected chi connectivity index (χ4v) is 5.01. The van der Waals surface area contributed by atoms with Crippen molar-refractivity contribution >= 4 is 40.6 Å². The molecule has 2 aliphatic heterocycles. The molecule has 2 saturated heterocycles. The summed E-state index contributed by atoms with van der Waals surface area (Å²) in [7, 11) is 1.41. The van der Waals surface area contributed by atoms with E-state index in [1.807, 2.05) is 30.3 Å². The Hall–Kier alpha value is -3.86. The van der Waals surface area contributed by atoms with Crippen LogP contribution < -0.4 is 9.47 Å². The highest BCUT2D eigenvalue weighted by atomic mass is 32.2. The number of rotatable bonds is 8. The van der Waals surface area contributed by atoms with Gasteiger partial charge < -0.3 is 14.4 Å². The molecule has 3 amide bonds. The number of carbonyl (C=O) groups is 3. The van der Waals surface area contributed by atoms with Crippen molar-refractivity contribution in [1.82, 2.24) is 9.80 Å². The summed E-state index contributed by atoms with van der Waals surface area (Å²) < 4.78 is 11.1. The van der Waals surface area contributed by atoms with Crippen LogP contribution in [0.1, 0.15) is 36.8 Å². The van der Waals surface area contributed by atoms with Gasteiger partial charge in [-0.05, 0) is 42.3 Å². The van der Waals surface area contributed by atoms with E-state index in [0.29, 0.717) is 24.9 Å². The van der Waals surface area contributed by atoms with E-state index in [1.165, 1.54) is 25.3 Å². The van der Waals surface area contributed by atoms with E-state index in [-0.39, 0.29) is 46.7 Å². The zero-order valence-corrected chi connectivity index (χ0v) is 21.2. The van der Waals surface area contributed by atoms with Crippen LogP contribution in [0.2, 0.25) is 0 Å². The summed E-state index contributed by atoms with van der Waals surface area (Å²) in [5.74, 6) is -0.524. The molecule has 4 rings (SSSR count). The lowest BCUT2D eigenvalue weighted by atomic mass is 10.1. The molecule has 2 heterocycles. The molecule has 0 radical (unpaired) electrons. The third kappa shape index (κ3) is 6.29. The molecule has 0 atom stereocenters. The van der Waals surface area contributed by atoms with E-state index >= 15 is 0 Å². The molecule has 2 aliphatic rings. The van der Waals surface area contributed by atoms with E-state index in [9.17, 15) is 24.5 Å². The molecule has 11 heteroatoms. The van der Waals surface area contributed by atoms with Gasteiger partial charge >= 0.3 is 0 Å². The first-order chi connectivity index (χ1) is 17.9. The summed E-state index contributed by atoms with van der Waals surface area (Å²) in [4.78, 5) is 52.1. The number of amides is 3. The Labute approximate surface area is 218 Å². The van der Waals surface area contributed by atoms with Crippen molar-refractivity contribution in [2.45, 2.75) is 32.3 Å². The van der Waals surface area contributed by atoms with Gasteiger partial charge in [0.05, 0.1) is 28.6 Å². The Balaban J connectivity index is 1.55. The second kappa shape index (κ2) is 11.9. The van der Waals surface area contributed by atoms with Crippen LogP contribution in [0, 0.1) is 10.1 Å². The summed E-state index contributed by atoms with van der Waals surface area (Å²) in [5, 5.41) is 11.3. The Morgan fingerprint density at radius 3 is 2.43 bits per heavy atom. The summed E-state index contributed by atoms with van der Waals surface area (Å²) in [6.45, 7) is 1.04. The van der Waals surface area contributed by atoms with Gasteiger partial charge in [-0.2, -0.15) is 0 Å². The van der Waals surface area contributed by atoms with Gasteiger partial charge in [-0.1, -0.05) is 43.2 Å². The second-order valence-corrected chi connectivity index (χ2v) is 9.65. The number of nitro groups is 1. The van der Waals surface area contributed by atoms with E-state index < -0.39 is 16.1 Å². The molecule has 0 N–H and O–H groups in total. The predicted octanol–water partition coefficient (Wildman–Crippen LogP) is 4.62. The zero-order valence-electron chi connectivity index (χ0n) is 20.4. The smallest absolute Gasteiger partial charge is 0.294 e. The first-order valence-electron chi connectivity index (χ1n) is 11.9. The third-order valence-corrected chi connectivity index (χ3v) is 7.07. The second-order valence-electron chi connectivity index (χ2n) is 8.66. The highest BCUT2D eigenvalue weighted by Gasteiger charge is 2.37. The molecule has 194 valence electrons. The van der Waals surface area contributed by atoms with Crippen molar-refractivity contribution in [2.24, 2.45) is 0 Å². The van der Waals surface area contributed by atoms with Crippen molar-refractivity contribution in [3.05, 3.63) is 68.6 Å². The monoisotopic (exact) mass is 525 g/mol. The van der Waals surface area contributed by atoms with Gasteiger partial charge in [-0.25, -0.2) is 0 Å².